The summed E-state index contributed by atoms with van der Waals surface area (Å²) in [6.07, 6.45) is 1.20. The summed E-state index contributed by atoms with van der Waals surface area (Å²) in [6.45, 7) is 8.34. The summed E-state index contributed by atoms with van der Waals surface area (Å²) in [4.78, 5) is 26.9. The fraction of sp³-hybridized carbons (Fsp3) is 0.579. The van der Waals surface area contributed by atoms with E-state index in [4.69, 9.17) is 5.73 Å². The van der Waals surface area contributed by atoms with Crippen molar-refractivity contribution in [2.45, 2.75) is 46.7 Å². The van der Waals surface area contributed by atoms with Crippen LogP contribution in [0.4, 0.5) is 0 Å². The Morgan fingerprint density at radius 1 is 1.16 bits per heavy atom. The summed E-state index contributed by atoms with van der Waals surface area (Å²) in [7, 11) is 1.79. The van der Waals surface area contributed by atoms with Crippen LogP contribution in [0.15, 0.2) is 29.1 Å². The van der Waals surface area contributed by atoms with Crippen molar-refractivity contribution in [3.05, 3.63) is 34.7 Å². The predicted molar refractivity (Wildman–Crippen MR) is 102 cm³/mol. The van der Waals surface area contributed by atoms with Crippen LogP contribution in [-0.4, -0.2) is 40.1 Å². The lowest BCUT2D eigenvalue weighted by atomic mass is 9.93. The molecule has 138 valence electrons. The van der Waals surface area contributed by atoms with Crippen LogP contribution in [0.5, 0.6) is 0 Å². The van der Waals surface area contributed by atoms with Crippen molar-refractivity contribution in [2.24, 2.45) is 11.1 Å². The molecule has 0 radical (unpaired) electrons. The van der Waals surface area contributed by atoms with Gasteiger partial charge in [-0.05, 0) is 30.5 Å². The first-order valence-corrected chi connectivity index (χ1v) is 8.93. The first-order valence-electron chi connectivity index (χ1n) is 8.93. The predicted octanol–water partition coefficient (Wildman–Crippen LogP) is 2.05. The van der Waals surface area contributed by atoms with Gasteiger partial charge in [0.05, 0.1) is 11.0 Å². The quantitative estimate of drug-likeness (QED) is 0.795. The number of rotatable bonds is 8. The number of imidazole rings is 1. The number of fused-ring (bicyclic) bond motifs is 1. The third-order valence-corrected chi connectivity index (χ3v) is 4.57. The van der Waals surface area contributed by atoms with Gasteiger partial charge in [0.15, 0.2) is 0 Å². The molecule has 2 N–H and O–H groups in total. The van der Waals surface area contributed by atoms with Gasteiger partial charge in [-0.3, -0.25) is 13.9 Å². The number of aromatic nitrogens is 2. The Labute approximate surface area is 149 Å². The second kappa shape index (κ2) is 7.87. The molecule has 2 aromatic rings. The van der Waals surface area contributed by atoms with Gasteiger partial charge in [-0.1, -0.05) is 32.9 Å². The van der Waals surface area contributed by atoms with Crippen LogP contribution in [0.25, 0.3) is 11.0 Å². The second-order valence-corrected chi connectivity index (χ2v) is 7.44. The van der Waals surface area contributed by atoms with E-state index in [1.807, 2.05) is 38.1 Å². The van der Waals surface area contributed by atoms with Crippen molar-refractivity contribution in [3.63, 3.8) is 0 Å². The third kappa shape index (κ3) is 4.31. The van der Waals surface area contributed by atoms with Crippen LogP contribution in [0.3, 0.4) is 0 Å². The molecule has 0 aliphatic carbocycles. The molecule has 0 spiro atoms. The highest BCUT2D eigenvalue weighted by Crippen LogP contribution is 2.16. The molecule has 0 saturated heterocycles. The van der Waals surface area contributed by atoms with Crippen molar-refractivity contribution in [3.8, 4) is 0 Å². The Balaban J connectivity index is 2.17. The Kier molecular flexibility index (Phi) is 6.06. The molecule has 6 nitrogen and oxygen atoms in total. The normalized spacial score (nSPS) is 11.9. The molecule has 0 saturated carbocycles. The summed E-state index contributed by atoms with van der Waals surface area (Å²) in [5.74, 6) is 0.0285. The number of aryl methyl sites for hydroxylation is 2. The largest absolute Gasteiger partial charge is 0.345 e. The zero-order valence-electron chi connectivity index (χ0n) is 15.8. The number of carbonyl (C=O) groups excluding carboxylic acids is 1. The van der Waals surface area contributed by atoms with E-state index in [9.17, 15) is 9.59 Å². The lowest BCUT2D eigenvalue weighted by molar-refractivity contribution is -0.131. The van der Waals surface area contributed by atoms with Gasteiger partial charge in [-0.2, -0.15) is 0 Å². The molecule has 0 atom stereocenters. The summed E-state index contributed by atoms with van der Waals surface area (Å²) >= 11 is 0. The zero-order chi connectivity index (χ0) is 18.6. The highest BCUT2D eigenvalue weighted by molar-refractivity contribution is 5.78. The minimum absolute atomic E-state index is 0.0285. The first kappa shape index (κ1) is 19.2. The van der Waals surface area contributed by atoms with E-state index in [-0.39, 0.29) is 17.0 Å². The first-order chi connectivity index (χ1) is 11.8. The monoisotopic (exact) mass is 346 g/mol. The molecule has 1 aromatic heterocycles. The maximum atomic E-state index is 12.7. The minimum Gasteiger partial charge on any atom is -0.345 e. The molecule has 0 unspecified atom stereocenters. The van der Waals surface area contributed by atoms with E-state index in [0.29, 0.717) is 32.6 Å². The number of nitrogens with zero attached hydrogens (tertiary/aromatic N) is 3. The van der Waals surface area contributed by atoms with Gasteiger partial charge >= 0.3 is 5.69 Å². The minimum atomic E-state index is -0.113. The number of carbonyl (C=O) groups is 1. The number of hydrogen-bond acceptors (Lipinski definition) is 3. The molecule has 1 aromatic carbocycles. The lowest BCUT2D eigenvalue weighted by Gasteiger charge is -2.29. The van der Waals surface area contributed by atoms with Gasteiger partial charge in [0.2, 0.25) is 5.91 Å². The lowest BCUT2D eigenvalue weighted by Crippen LogP contribution is -2.40. The summed E-state index contributed by atoms with van der Waals surface area (Å²) in [5, 5.41) is 0. The highest BCUT2D eigenvalue weighted by Gasteiger charge is 2.21. The molecule has 1 heterocycles. The summed E-state index contributed by atoms with van der Waals surface area (Å²) in [6, 6.07) is 7.76. The van der Waals surface area contributed by atoms with Gasteiger partial charge in [0.1, 0.15) is 0 Å². The van der Waals surface area contributed by atoms with Crippen molar-refractivity contribution < 1.29 is 4.79 Å². The van der Waals surface area contributed by atoms with Gasteiger partial charge in [-0.25, -0.2) is 4.79 Å². The van der Waals surface area contributed by atoms with E-state index < -0.39 is 0 Å². The van der Waals surface area contributed by atoms with E-state index >= 15 is 0 Å². The maximum Gasteiger partial charge on any atom is 0.329 e. The van der Waals surface area contributed by atoms with Crippen LogP contribution in [0.2, 0.25) is 0 Å². The summed E-state index contributed by atoms with van der Waals surface area (Å²) in [5.41, 5.74) is 7.41. The molecule has 0 fully saturated rings. The topological polar surface area (TPSA) is 73.3 Å². The Morgan fingerprint density at radius 2 is 1.72 bits per heavy atom. The molecule has 25 heavy (non-hydrogen) atoms. The van der Waals surface area contributed by atoms with Crippen molar-refractivity contribution in [1.82, 2.24) is 14.0 Å². The molecular weight excluding hydrogens is 316 g/mol. The van der Waals surface area contributed by atoms with E-state index in [2.05, 4.69) is 6.92 Å². The molecule has 6 heteroatoms. The fourth-order valence-corrected chi connectivity index (χ4v) is 3.12. The van der Waals surface area contributed by atoms with Crippen LogP contribution in [-0.2, 0) is 17.9 Å². The fourth-order valence-electron chi connectivity index (χ4n) is 3.12. The smallest absolute Gasteiger partial charge is 0.329 e. The average Bonchev–Trinajstić information content (AvgIpc) is 2.85. The zero-order valence-corrected chi connectivity index (χ0v) is 15.8. The van der Waals surface area contributed by atoms with E-state index in [1.54, 1.807) is 21.1 Å². The Morgan fingerprint density at radius 3 is 2.24 bits per heavy atom. The van der Waals surface area contributed by atoms with Crippen LogP contribution in [0, 0.1) is 5.41 Å². The molecular formula is C19H30N4O2. The van der Waals surface area contributed by atoms with Crippen LogP contribution in [0.1, 0.15) is 33.6 Å². The number of para-hydroxylation sites is 2. The number of amides is 1. The molecule has 0 aliphatic rings. The van der Waals surface area contributed by atoms with E-state index in [1.165, 1.54) is 0 Å². The Bertz CT molecular complexity index is 788. The van der Waals surface area contributed by atoms with Gasteiger partial charge in [-0.15, -0.1) is 0 Å². The van der Waals surface area contributed by atoms with E-state index in [0.717, 1.165) is 17.5 Å². The standard InChI is InChI=1S/C19H30N4O2/c1-5-11-22-15-8-6-7-9-16(15)23(18(22)25)12-10-17(24)21(4)14-19(2,3)13-20/h6-9H,5,10-14,20H2,1-4H3. The molecule has 0 bridgehead atoms. The number of benzene rings is 1. The number of nitrogens with two attached hydrogens (primary N) is 1. The van der Waals surface area contributed by atoms with Gasteiger partial charge in [0, 0.05) is 33.1 Å². The average molecular weight is 346 g/mol. The van der Waals surface area contributed by atoms with Crippen molar-refractivity contribution in [2.75, 3.05) is 20.1 Å². The third-order valence-electron chi connectivity index (χ3n) is 4.57. The highest BCUT2D eigenvalue weighted by atomic mass is 16.2. The molecule has 1 amide bonds. The van der Waals surface area contributed by atoms with Crippen LogP contribution < -0.4 is 11.4 Å². The molecule has 0 aliphatic heterocycles. The molecule has 2 rings (SSSR count). The van der Waals surface area contributed by atoms with Gasteiger partial charge in [0.25, 0.3) is 0 Å². The van der Waals surface area contributed by atoms with Crippen molar-refractivity contribution >= 4 is 16.9 Å². The number of hydrogen-bond donors (Lipinski definition) is 1. The SMILES string of the molecule is CCCn1c(=O)n(CCC(=O)N(C)CC(C)(C)CN)c2ccccc21. The van der Waals surface area contributed by atoms with Crippen molar-refractivity contribution in [1.29, 1.82) is 0 Å². The second-order valence-electron chi connectivity index (χ2n) is 7.44. The Hall–Kier alpha value is -2.08. The van der Waals surface area contributed by atoms with Gasteiger partial charge < -0.3 is 10.6 Å². The summed E-state index contributed by atoms with van der Waals surface area (Å²) < 4.78 is 3.51. The maximum absolute atomic E-state index is 12.7. The van der Waals surface area contributed by atoms with Crippen LogP contribution >= 0.6 is 0 Å².